The largest absolute Gasteiger partial charge is 0.480 e. The Kier molecular flexibility index (Phi) is 6.52. The van der Waals surface area contributed by atoms with Crippen LogP contribution < -0.4 is 5.32 Å². The Morgan fingerprint density at radius 2 is 1.97 bits per heavy atom. The summed E-state index contributed by atoms with van der Waals surface area (Å²) < 4.78 is 5.99. The lowest BCUT2D eigenvalue weighted by Crippen LogP contribution is -2.30. The molecule has 0 aliphatic heterocycles. The lowest BCUT2D eigenvalue weighted by molar-refractivity contribution is -0.136. The molecule has 2 fully saturated rings. The Morgan fingerprint density at radius 1 is 1.23 bits per heavy atom. The number of aliphatic carboxylic acids is 1. The number of nitrogens with one attached hydrogen (secondary N) is 1. The van der Waals surface area contributed by atoms with Gasteiger partial charge in [-0.05, 0) is 81.3 Å². The van der Waals surface area contributed by atoms with Crippen LogP contribution in [0.15, 0.2) is 22.7 Å². The average Bonchev–Trinajstić information content (AvgIpc) is 3.42. The van der Waals surface area contributed by atoms with Gasteiger partial charge in [0, 0.05) is 11.5 Å². The number of carbonyl (C=O) groups is 1. The van der Waals surface area contributed by atoms with E-state index in [1.165, 1.54) is 54.4 Å². The molecule has 1 heterocycles. The standard InChI is InChI=1S/C26H36N2O3/c1-15(2)9-18-11-21(12-18)26-24(19-7-8-19)25(28-31-26)22(27-14-23(29)30)13-20-6-5-16(3)10-17(20)4/h5-6,10,15,18-19,21-22,27H,7-9,11-14H2,1-4H3,(H,29,30). The van der Waals surface area contributed by atoms with Gasteiger partial charge in [-0.2, -0.15) is 0 Å². The van der Waals surface area contributed by atoms with E-state index in [1.807, 2.05) is 0 Å². The fraction of sp³-hybridized carbons (Fsp3) is 0.615. The van der Waals surface area contributed by atoms with Crippen LogP contribution in [0.25, 0.3) is 0 Å². The molecule has 0 radical (unpaired) electrons. The van der Waals surface area contributed by atoms with Crippen molar-refractivity contribution in [3.05, 3.63) is 51.9 Å². The molecule has 2 aliphatic carbocycles. The molecule has 5 nitrogen and oxygen atoms in total. The topological polar surface area (TPSA) is 75.4 Å². The van der Waals surface area contributed by atoms with Gasteiger partial charge in [0.05, 0.1) is 12.6 Å². The quantitative estimate of drug-likeness (QED) is 0.514. The first-order valence-electron chi connectivity index (χ1n) is 11.8. The molecule has 0 amide bonds. The van der Waals surface area contributed by atoms with Crippen LogP contribution >= 0.6 is 0 Å². The zero-order valence-electron chi connectivity index (χ0n) is 19.3. The zero-order valence-corrected chi connectivity index (χ0v) is 19.3. The maximum absolute atomic E-state index is 11.3. The number of carboxylic acids is 1. The second-order valence-electron chi connectivity index (χ2n) is 10.2. The van der Waals surface area contributed by atoms with E-state index in [4.69, 9.17) is 4.52 Å². The molecule has 0 bridgehead atoms. The van der Waals surface area contributed by atoms with Crippen molar-refractivity contribution in [1.82, 2.24) is 10.5 Å². The van der Waals surface area contributed by atoms with Crippen molar-refractivity contribution < 1.29 is 14.4 Å². The van der Waals surface area contributed by atoms with Crippen LogP contribution in [-0.4, -0.2) is 22.8 Å². The summed E-state index contributed by atoms with van der Waals surface area (Å²) in [5.41, 5.74) is 5.90. The minimum Gasteiger partial charge on any atom is -0.480 e. The smallest absolute Gasteiger partial charge is 0.317 e. The molecule has 1 atom stereocenters. The van der Waals surface area contributed by atoms with Crippen molar-refractivity contribution in [3.8, 4) is 0 Å². The van der Waals surface area contributed by atoms with Gasteiger partial charge in [0.1, 0.15) is 11.5 Å². The van der Waals surface area contributed by atoms with Gasteiger partial charge >= 0.3 is 5.97 Å². The van der Waals surface area contributed by atoms with Crippen molar-refractivity contribution in [2.45, 2.75) is 84.1 Å². The van der Waals surface area contributed by atoms with Crippen LogP contribution in [-0.2, 0) is 11.2 Å². The summed E-state index contributed by atoms with van der Waals surface area (Å²) in [4.78, 5) is 11.3. The summed E-state index contributed by atoms with van der Waals surface area (Å²) in [6, 6.07) is 6.30. The Labute approximate surface area is 185 Å². The minimum atomic E-state index is -0.849. The number of hydrogen-bond donors (Lipinski definition) is 2. The van der Waals surface area contributed by atoms with E-state index >= 15 is 0 Å². The third-order valence-electron chi connectivity index (χ3n) is 6.93. The number of carboxylic acid groups (broad SMARTS) is 1. The molecule has 0 spiro atoms. The SMILES string of the molecule is Cc1ccc(CC(NCC(=O)O)c2noc(C3CC(CC(C)C)C3)c2C2CC2)c(C)c1. The molecule has 168 valence electrons. The molecule has 2 aliphatic rings. The maximum Gasteiger partial charge on any atom is 0.317 e. The third kappa shape index (κ3) is 5.20. The van der Waals surface area contributed by atoms with Gasteiger partial charge < -0.3 is 9.63 Å². The van der Waals surface area contributed by atoms with Gasteiger partial charge in [-0.25, -0.2) is 0 Å². The molecule has 1 aromatic heterocycles. The molecule has 4 rings (SSSR count). The van der Waals surface area contributed by atoms with Crippen molar-refractivity contribution >= 4 is 5.97 Å². The number of benzene rings is 1. The lowest BCUT2D eigenvalue weighted by Gasteiger charge is -2.35. The summed E-state index contributed by atoms with van der Waals surface area (Å²) in [6.07, 6.45) is 6.74. The highest BCUT2D eigenvalue weighted by Gasteiger charge is 2.41. The summed E-state index contributed by atoms with van der Waals surface area (Å²) in [5.74, 6) is 2.76. The molecule has 2 N–H and O–H groups in total. The maximum atomic E-state index is 11.3. The van der Waals surface area contributed by atoms with E-state index < -0.39 is 5.97 Å². The summed E-state index contributed by atoms with van der Waals surface area (Å²) in [7, 11) is 0. The number of rotatable bonds is 10. The fourth-order valence-corrected chi connectivity index (χ4v) is 5.23. The second-order valence-corrected chi connectivity index (χ2v) is 10.2. The number of nitrogens with zero attached hydrogens (tertiary/aromatic N) is 1. The molecule has 31 heavy (non-hydrogen) atoms. The molecule has 0 saturated heterocycles. The number of aromatic nitrogens is 1. The van der Waals surface area contributed by atoms with Crippen LogP contribution in [0, 0.1) is 25.7 Å². The van der Waals surface area contributed by atoms with E-state index in [0.717, 1.165) is 23.3 Å². The third-order valence-corrected chi connectivity index (χ3v) is 6.93. The predicted octanol–water partition coefficient (Wildman–Crippen LogP) is 5.67. The van der Waals surface area contributed by atoms with Gasteiger partial charge in [-0.15, -0.1) is 0 Å². The molecular formula is C26H36N2O3. The minimum absolute atomic E-state index is 0.0816. The Balaban J connectivity index is 1.59. The molecule has 1 aromatic carbocycles. The van der Waals surface area contributed by atoms with Crippen LogP contribution in [0.3, 0.4) is 0 Å². The first-order chi connectivity index (χ1) is 14.8. The van der Waals surface area contributed by atoms with E-state index in [2.05, 4.69) is 56.4 Å². The van der Waals surface area contributed by atoms with Gasteiger partial charge in [-0.1, -0.05) is 42.8 Å². The Bertz CT molecular complexity index is 923. The summed E-state index contributed by atoms with van der Waals surface area (Å²) >= 11 is 0. The fourth-order valence-electron chi connectivity index (χ4n) is 5.23. The highest BCUT2D eigenvalue weighted by Crippen LogP contribution is 2.52. The van der Waals surface area contributed by atoms with Crippen molar-refractivity contribution in [3.63, 3.8) is 0 Å². The van der Waals surface area contributed by atoms with Gasteiger partial charge in [0.15, 0.2) is 0 Å². The average molecular weight is 425 g/mol. The zero-order chi connectivity index (χ0) is 22.1. The van der Waals surface area contributed by atoms with Crippen molar-refractivity contribution in [2.75, 3.05) is 6.54 Å². The lowest BCUT2D eigenvalue weighted by atomic mass is 9.69. The van der Waals surface area contributed by atoms with E-state index in [9.17, 15) is 9.90 Å². The predicted molar refractivity (Wildman–Crippen MR) is 121 cm³/mol. The number of aryl methyl sites for hydroxylation is 2. The van der Waals surface area contributed by atoms with E-state index in [-0.39, 0.29) is 12.6 Å². The van der Waals surface area contributed by atoms with Gasteiger partial charge in [0.2, 0.25) is 0 Å². The highest BCUT2D eigenvalue weighted by molar-refractivity contribution is 5.69. The summed E-state index contributed by atoms with van der Waals surface area (Å²) in [6.45, 7) is 8.72. The van der Waals surface area contributed by atoms with Crippen LogP contribution in [0.5, 0.6) is 0 Å². The molecule has 5 heteroatoms. The first kappa shape index (κ1) is 22.1. The number of hydrogen-bond acceptors (Lipinski definition) is 4. The first-order valence-corrected chi connectivity index (χ1v) is 11.8. The van der Waals surface area contributed by atoms with E-state index in [1.54, 1.807) is 0 Å². The van der Waals surface area contributed by atoms with Crippen LogP contribution in [0.2, 0.25) is 0 Å². The van der Waals surface area contributed by atoms with Crippen molar-refractivity contribution in [1.29, 1.82) is 0 Å². The van der Waals surface area contributed by atoms with Gasteiger partial charge in [0.25, 0.3) is 0 Å². The normalized spacial score (nSPS) is 21.8. The van der Waals surface area contributed by atoms with E-state index in [0.29, 0.717) is 18.3 Å². The highest BCUT2D eigenvalue weighted by atomic mass is 16.5. The molecule has 2 aromatic rings. The van der Waals surface area contributed by atoms with Crippen LogP contribution in [0.4, 0.5) is 0 Å². The second kappa shape index (κ2) is 9.15. The van der Waals surface area contributed by atoms with Crippen molar-refractivity contribution in [2.24, 2.45) is 11.8 Å². The molecule has 2 saturated carbocycles. The Hall–Kier alpha value is -2.14. The Morgan fingerprint density at radius 3 is 2.58 bits per heavy atom. The molecule has 1 unspecified atom stereocenters. The summed E-state index contributed by atoms with van der Waals surface area (Å²) in [5, 5.41) is 17.1. The van der Waals surface area contributed by atoms with Crippen LogP contribution in [0.1, 0.15) is 97.5 Å². The van der Waals surface area contributed by atoms with Gasteiger partial charge in [-0.3, -0.25) is 10.1 Å². The monoisotopic (exact) mass is 424 g/mol. The molecular weight excluding hydrogens is 388 g/mol.